The zero-order valence-corrected chi connectivity index (χ0v) is 13.3. The van der Waals surface area contributed by atoms with E-state index in [9.17, 15) is 17.6 Å². The Morgan fingerprint density at radius 3 is 2.38 bits per heavy atom. The van der Waals surface area contributed by atoms with E-state index in [1.165, 1.54) is 12.1 Å². The normalized spacial score (nSPS) is 19.3. The van der Waals surface area contributed by atoms with Crippen LogP contribution in [0.25, 0.3) is 0 Å². The zero-order chi connectivity index (χ0) is 15.8. The van der Waals surface area contributed by atoms with Gasteiger partial charge in [0.25, 0.3) is 10.0 Å². The van der Waals surface area contributed by atoms with E-state index in [1.807, 2.05) is 6.92 Å². The standard InChI is InChI=1S/C15H20FNO3S/c1-4-5-12-8-14(18)17(9-12)21(19,20)15-10(2)6-13(16)7-11(15)3/h6-7,12H,4-5,8-9H2,1-3H3. The summed E-state index contributed by atoms with van der Waals surface area (Å²) in [5.41, 5.74) is 0.665. The largest absolute Gasteiger partial charge is 0.274 e. The monoisotopic (exact) mass is 313 g/mol. The molecule has 0 spiro atoms. The molecule has 1 aliphatic heterocycles. The molecule has 4 nitrogen and oxygen atoms in total. The van der Waals surface area contributed by atoms with Crippen LogP contribution in [0.5, 0.6) is 0 Å². The summed E-state index contributed by atoms with van der Waals surface area (Å²) in [7, 11) is -3.90. The summed E-state index contributed by atoms with van der Waals surface area (Å²) in [6.45, 7) is 5.33. The second-order valence-electron chi connectivity index (χ2n) is 5.66. The van der Waals surface area contributed by atoms with Crippen LogP contribution in [-0.2, 0) is 14.8 Å². The first-order chi connectivity index (χ1) is 9.77. The highest BCUT2D eigenvalue weighted by Crippen LogP contribution is 2.31. The van der Waals surface area contributed by atoms with Gasteiger partial charge in [-0.3, -0.25) is 4.79 Å². The Morgan fingerprint density at radius 1 is 1.29 bits per heavy atom. The lowest BCUT2D eigenvalue weighted by Gasteiger charge is -2.20. The number of aryl methyl sites for hydroxylation is 2. The minimum Gasteiger partial charge on any atom is -0.274 e. The van der Waals surface area contributed by atoms with Gasteiger partial charge in [-0.2, -0.15) is 0 Å². The highest BCUT2D eigenvalue weighted by Gasteiger charge is 2.39. The Bertz CT molecular complexity index is 646. The molecule has 1 aliphatic rings. The minimum atomic E-state index is -3.90. The van der Waals surface area contributed by atoms with E-state index in [4.69, 9.17) is 0 Å². The van der Waals surface area contributed by atoms with Crippen molar-refractivity contribution in [3.63, 3.8) is 0 Å². The van der Waals surface area contributed by atoms with E-state index in [0.29, 0.717) is 11.1 Å². The van der Waals surface area contributed by atoms with E-state index < -0.39 is 15.8 Å². The third kappa shape index (κ3) is 2.95. The first-order valence-electron chi connectivity index (χ1n) is 7.09. The molecule has 1 aromatic carbocycles. The lowest BCUT2D eigenvalue weighted by Crippen LogP contribution is -2.33. The molecule has 1 fully saturated rings. The van der Waals surface area contributed by atoms with Crippen molar-refractivity contribution >= 4 is 15.9 Å². The second kappa shape index (κ2) is 5.75. The maximum absolute atomic E-state index is 13.3. The first-order valence-corrected chi connectivity index (χ1v) is 8.53. The van der Waals surface area contributed by atoms with Crippen molar-refractivity contribution in [3.8, 4) is 0 Å². The molecule has 2 rings (SSSR count). The molecule has 1 unspecified atom stereocenters. The Hall–Kier alpha value is -1.43. The molecular weight excluding hydrogens is 293 g/mol. The van der Waals surface area contributed by atoms with Crippen molar-refractivity contribution in [3.05, 3.63) is 29.1 Å². The fourth-order valence-corrected chi connectivity index (χ4v) is 4.90. The van der Waals surface area contributed by atoms with Gasteiger partial charge >= 0.3 is 0 Å². The third-order valence-corrected chi connectivity index (χ3v) is 5.93. The molecule has 0 bridgehead atoms. The number of benzene rings is 1. The molecular formula is C15H20FNO3S. The Labute approximate surface area is 125 Å². The quantitative estimate of drug-likeness (QED) is 0.859. The van der Waals surface area contributed by atoms with Crippen molar-refractivity contribution in [2.24, 2.45) is 5.92 Å². The third-order valence-electron chi connectivity index (χ3n) is 3.84. The van der Waals surface area contributed by atoms with Crippen molar-refractivity contribution in [2.45, 2.75) is 44.9 Å². The highest BCUT2D eigenvalue weighted by atomic mass is 32.2. The van der Waals surface area contributed by atoms with Gasteiger partial charge in [0.1, 0.15) is 5.82 Å². The van der Waals surface area contributed by atoms with Crippen LogP contribution >= 0.6 is 0 Å². The highest BCUT2D eigenvalue weighted by molar-refractivity contribution is 7.89. The summed E-state index contributed by atoms with van der Waals surface area (Å²) in [6, 6.07) is 2.37. The minimum absolute atomic E-state index is 0.0504. The van der Waals surface area contributed by atoms with Gasteiger partial charge < -0.3 is 0 Å². The maximum atomic E-state index is 13.3. The van der Waals surface area contributed by atoms with Crippen LogP contribution in [0.1, 0.15) is 37.3 Å². The van der Waals surface area contributed by atoms with Crippen LogP contribution in [0, 0.1) is 25.6 Å². The molecule has 0 radical (unpaired) electrons. The van der Waals surface area contributed by atoms with E-state index in [-0.39, 0.29) is 29.7 Å². The van der Waals surface area contributed by atoms with Gasteiger partial charge in [-0.05, 0) is 49.4 Å². The summed E-state index contributed by atoms with van der Waals surface area (Å²) < 4.78 is 39.8. The Balaban J connectivity index is 2.42. The first kappa shape index (κ1) is 15.9. The van der Waals surface area contributed by atoms with Crippen molar-refractivity contribution in [2.75, 3.05) is 6.54 Å². The molecule has 0 aromatic heterocycles. The van der Waals surface area contributed by atoms with Gasteiger partial charge in [0.15, 0.2) is 0 Å². The number of hydrogen-bond acceptors (Lipinski definition) is 3. The summed E-state index contributed by atoms with van der Waals surface area (Å²) in [6.07, 6.45) is 2.02. The predicted molar refractivity (Wildman–Crippen MR) is 77.8 cm³/mol. The summed E-state index contributed by atoms with van der Waals surface area (Å²) in [5, 5.41) is 0. The van der Waals surface area contributed by atoms with Crippen LogP contribution in [0.2, 0.25) is 0 Å². The van der Waals surface area contributed by atoms with Gasteiger partial charge in [0.05, 0.1) is 4.90 Å². The molecule has 1 saturated heterocycles. The predicted octanol–water partition coefficient (Wildman–Crippen LogP) is 2.78. The number of sulfonamides is 1. The van der Waals surface area contributed by atoms with Gasteiger partial charge in [-0.25, -0.2) is 17.1 Å². The summed E-state index contributed by atoms with van der Waals surface area (Å²) in [5.74, 6) is -0.754. The van der Waals surface area contributed by atoms with Gasteiger partial charge in [0.2, 0.25) is 5.91 Å². The Kier molecular flexibility index (Phi) is 4.37. The molecule has 0 saturated carbocycles. The topological polar surface area (TPSA) is 54.5 Å². The fraction of sp³-hybridized carbons (Fsp3) is 0.533. The van der Waals surface area contributed by atoms with E-state index in [0.717, 1.165) is 17.1 Å². The number of nitrogens with zero attached hydrogens (tertiary/aromatic N) is 1. The number of amides is 1. The van der Waals surface area contributed by atoms with Crippen LogP contribution < -0.4 is 0 Å². The maximum Gasteiger partial charge on any atom is 0.267 e. The molecule has 6 heteroatoms. The number of carbonyl (C=O) groups excluding carboxylic acids is 1. The molecule has 116 valence electrons. The van der Waals surface area contributed by atoms with E-state index in [1.54, 1.807) is 13.8 Å². The van der Waals surface area contributed by atoms with Crippen molar-refractivity contribution in [1.82, 2.24) is 4.31 Å². The molecule has 1 aromatic rings. The molecule has 0 N–H and O–H groups in total. The molecule has 1 amide bonds. The lowest BCUT2D eigenvalue weighted by atomic mass is 10.0. The molecule has 21 heavy (non-hydrogen) atoms. The van der Waals surface area contributed by atoms with Crippen LogP contribution in [0.4, 0.5) is 4.39 Å². The SMILES string of the molecule is CCCC1CC(=O)N(S(=O)(=O)c2c(C)cc(F)cc2C)C1. The fourth-order valence-electron chi connectivity index (χ4n) is 3.00. The number of rotatable bonds is 4. The molecule has 1 heterocycles. The van der Waals surface area contributed by atoms with Gasteiger partial charge in [-0.15, -0.1) is 0 Å². The second-order valence-corrected chi connectivity index (χ2v) is 7.46. The van der Waals surface area contributed by atoms with Gasteiger partial charge in [0, 0.05) is 13.0 Å². The Morgan fingerprint density at radius 2 is 1.86 bits per heavy atom. The number of hydrogen-bond donors (Lipinski definition) is 0. The summed E-state index contributed by atoms with van der Waals surface area (Å²) in [4.78, 5) is 12.1. The average Bonchev–Trinajstić information content (AvgIpc) is 2.69. The lowest BCUT2D eigenvalue weighted by molar-refractivity contribution is -0.123. The van der Waals surface area contributed by atoms with Gasteiger partial charge in [-0.1, -0.05) is 13.3 Å². The number of halogens is 1. The average molecular weight is 313 g/mol. The summed E-state index contributed by atoms with van der Waals surface area (Å²) >= 11 is 0. The van der Waals surface area contributed by atoms with Crippen LogP contribution in [-0.4, -0.2) is 25.2 Å². The van der Waals surface area contributed by atoms with E-state index >= 15 is 0 Å². The van der Waals surface area contributed by atoms with Crippen molar-refractivity contribution in [1.29, 1.82) is 0 Å². The van der Waals surface area contributed by atoms with E-state index in [2.05, 4.69) is 0 Å². The molecule has 0 aliphatic carbocycles. The zero-order valence-electron chi connectivity index (χ0n) is 12.5. The van der Waals surface area contributed by atoms with Crippen molar-refractivity contribution < 1.29 is 17.6 Å². The smallest absolute Gasteiger partial charge is 0.267 e. The molecule has 1 atom stereocenters. The van der Waals surface area contributed by atoms with Crippen LogP contribution in [0.15, 0.2) is 17.0 Å². The number of carbonyl (C=O) groups is 1. The van der Waals surface area contributed by atoms with Crippen LogP contribution in [0.3, 0.4) is 0 Å².